The third-order valence-corrected chi connectivity index (χ3v) is 3.91. The third kappa shape index (κ3) is 4.43. The summed E-state index contributed by atoms with van der Waals surface area (Å²) in [5.41, 5.74) is 0.588. The van der Waals surface area contributed by atoms with Crippen LogP contribution in [-0.4, -0.2) is 72.0 Å². The zero-order chi connectivity index (χ0) is 17.5. The number of ether oxygens (including phenoxy) is 1. The molecule has 24 heavy (non-hydrogen) atoms. The van der Waals surface area contributed by atoms with E-state index in [1.165, 1.54) is 7.11 Å². The number of amides is 3. The summed E-state index contributed by atoms with van der Waals surface area (Å²) in [6.07, 6.45) is 3.22. The van der Waals surface area contributed by atoms with Gasteiger partial charge in [0.2, 0.25) is 5.91 Å². The lowest BCUT2D eigenvalue weighted by molar-refractivity contribution is -0.132. The Balaban J connectivity index is 1.93. The average molecular weight is 334 g/mol. The highest BCUT2D eigenvalue weighted by Gasteiger charge is 2.26. The van der Waals surface area contributed by atoms with Gasteiger partial charge in [-0.1, -0.05) is 0 Å². The van der Waals surface area contributed by atoms with Crippen molar-refractivity contribution in [3.8, 4) is 0 Å². The van der Waals surface area contributed by atoms with Crippen LogP contribution < -0.4 is 5.32 Å². The van der Waals surface area contributed by atoms with Gasteiger partial charge in [0.1, 0.15) is 6.04 Å². The largest absolute Gasteiger partial charge is 0.453 e. The van der Waals surface area contributed by atoms with Crippen molar-refractivity contribution in [2.24, 2.45) is 0 Å². The van der Waals surface area contributed by atoms with Crippen molar-refractivity contribution in [2.75, 3.05) is 33.3 Å². The van der Waals surface area contributed by atoms with E-state index in [-0.39, 0.29) is 11.8 Å². The second kappa shape index (κ2) is 8.28. The first-order chi connectivity index (χ1) is 11.5. The van der Waals surface area contributed by atoms with Crippen molar-refractivity contribution in [1.29, 1.82) is 0 Å². The molecule has 1 aliphatic heterocycles. The van der Waals surface area contributed by atoms with Gasteiger partial charge in [0.25, 0.3) is 5.91 Å². The third-order valence-electron chi connectivity index (χ3n) is 3.91. The molecule has 1 aromatic heterocycles. The number of carbonyl (C=O) groups is 3. The molecule has 0 aromatic carbocycles. The van der Waals surface area contributed by atoms with E-state index < -0.39 is 12.1 Å². The van der Waals surface area contributed by atoms with E-state index in [4.69, 9.17) is 0 Å². The van der Waals surface area contributed by atoms with E-state index >= 15 is 0 Å². The van der Waals surface area contributed by atoms with Crippen molar-refractivity contribution in [2.45, 2.75) is 19.4 Å². The predicted octanol–water partition coefficient (Wildman–Crippen LogP) is 0.501. The molecule has 1 atom stereocenters. The quantitative estimate of drug-likeness (QED) is 0.869. The highest BCUT2D eigenvalue weighted by atomic mass is 16.5. The number of hydrogen-bond donors (Lipinski definition) is 1. The molecule has 8 nitrogen and oxygen atoms in total. The fourth-order valence-corrected chi connectivity index (χ4v) is 2.59. The number of rotatable bonds is 3. The van der Waals surface area contributed by atoms with Crippen LogP contribution in [0.4, 0.5) is 4.79 Å². The molecule has 1 aliphatic rings. The van der Waals surface area contributed by atoms with Crippen LogP contribution in [0.3, 0.4) is 0 Å². The molecule has 2 rings (SSSR count). The highest BCUT2D eigenvalue weighted by molar-refractivity contribution is 5.94. The molecule has 0 aliphatic carbocycles. The summed E-state index contributed by atoms with van der Waals surface area (Å²) in [6, 6.07) is 2.69. The van der Waals surface area contributed by atoms with Crippen LogP contribution in [0, 0.1) is 0 Å². The van der Waals surface area contributed by atoms with Gasteiger partial charge >= 0.3 is 6.09 Å². The Bertz CT molecular complexity index is 593. The van der Waals surface area contributed by atoms with Crippen molar-refractivity contribution in [1.82, 2.24) is 20.1 Å². The number of nitrogens with zero attached hydrogens (tertiary/aromatic N) is 3. The average Bonchev–Trinajstić information content (AvgIpc) is 2.87. The van der Waals surface area contributed by atoms with Gasteiger partial charge in [0, 0.05) is 44.1 Å². The molecule has 0 spiro atoms. The van der Waals surface area contributed by atoms with Gasteiger partial charge < -0.3 is 19.9 Å². The topological polar surface area (TPSA) is 91.8 Å². The lowest BCUT2D eigenvalue weighted by Crippen LogP contribution is -2.48. The van der Waals surface area contributed by atoms with E-state index in [1.807, 2.05) is 0 Å². The first kappa shape index (κ1) is 17.7. The van der Waals surface area contributed by atoms with Gasteiger partial charge in [0.15, 0.2) is 0 Å². The predicted molar refractivity (Wildman–Crippen MR) is 86.3 cm³/mol. The van der Waals surface area contributed by atoms with Crippen LogP contribution in [0.15, 0.2) is 24.5 Å². The first-order valence-electron chi connectivity index (χ1n) is 7.85. The number of alkyl carbamates (subject to hydrolysis) is 1. The summed E-state index contributed by atoms with van der Waals surface area (Å²) in [7, 11) is 1.25. The molecule has 1 saturated heterocycles. The van der Waals surface area contributed by atoms with Crippen molar-refractivity contribution >= 4 is 17.9 Å². The fraction of sp³-hybridized carbons (Fsp3) is 0.500. The standard InChI is InChI=1S/C16H22N4O4/c1-12(18-16(23)24-2)14(21)19-8-3-9-20(11-10-19)15(22)13-4-6-17-7-5-13/h4-7,12H,3,8-11H2,1-2H3,(H,18,23). The number of pyridine rings is 1. The van der Waals surface area contributed by atoms with Gasteiger partial charge in [-0.2, -0.15) is 0 Å². The molecule has 1 unspecified atom stereocenters. The molecular weight excluding hydrogens is 312 g/mol. The Labute approximate surface area is 140 Å². The molecule has 0 saturated carbocycles. The van der Waals surface area contributed by atoms with Crippen LogP contribution in [0.5, 0.6) is 0 Å². The molecular formula is C16H22N4O4. The van der Waals surface area contributed by atoms with Crippen molar-refractivity contribution in [3.63, 3.8) is 0 Å². The maximum atomic E-state index is 12.5. The Hall–Kier alpha value is -2.64. The van der Waals surface area contributed by atoms with Crippen molar-refractivity contribution in [3.05, 3.63) is 30.1 Å². The number of hydrogen-bond acceptors (Lipinski definition) is 5. The minimum Gasteiger partial charge on any atom is -0.453 e. The molecule has 0 radical (unpaired) electrons. The molecule has 1 fully saturated rings. The summed E-state index contributed by atoms with van der Waals surface area (Å²) in [6.45, 7) is 3.64. The van der Waals surface area contributed by atoms with E-state index in [9.17, 15) is 14.4 Å². The lowest BCUT2D eigenvalue weighted by atomic mass is 10.2. The van der Waals surface area contributed by atoms with Gasteiger partial charge in [-0.05, 0) is 25.5 Å². The Morgan fingerprint density at radius 3 is 2.42 bits per heavy atom. The molecule has 0 bridgehead atoms. The van der Waals surface area contributed by atoms with E-state index in [0.717, 1.165) is 0 Å². The lowest BCUT2D eigenvalue weighted by Gasteiger charge is -2.25. The second-order valence-electron chi connectivity index (χ2n) is 5.56. The van der Waals surface area contributed by atoms with Crippen LogP contribution in [-0.2, 0) is 9.53 Å². The number of carbonyl (C=O) groups excluding carboxylic acids is 3. The monoisotopic (exact) mass is 334 g/mol. The minimum absolute atomic E-state index is 0.0626. The Morgan fingerprint density at radius 2 is 1.75 bits per heavy atom. The Morgan fingerprint density at radius 1 is 1.12 bits per heavy atom. The molecule has 130 valence electrons. The van der Waals surface area contributed by atoms with Crippen LogP contribution in [0.1, 0.15) is 23.7 Å². The second-order valence-corrected chi connectivity index (χ2v) is 5.56. The molecule has 1 N–H and O–H groups in total. The molecule has 1 aromatic rings. The summed E-state index contributed by atoms with van der Waals surface area (Å²) in [4.78, 5) is 43.4. The maximum absolute atomic E-state index is 12.5. The summed E-state index contributed by atoms with van der Waals surface area (Å²) >= 11 is 0. The van der Waals surface area contributed by atoms with Crippen LogP contribution in [0.25, 0.3) is 0 Å². The molecule has 3 amide bonds. The van der Waals surface area contributed by atoms with Gasteiger partial charge in [-0.3, -0.25) is 14.6 Å². The number of nitrogens with one attached hydrogen (secondary N) is 1. The van der Waals surface area contributed by atoms with E-state index in [2.05, 4.69) is 15.0 Å². The summed E-state index contributed by atoms with van der Waals surface area (Å²) in [5.74, 6) is -0.244. The Kier molecular flexibility index (Phi) is 6.11. The van der Waals surface area contributed by atoms with Gasteiger partial charge in [-0.15, -0.1) is 0 Å². The normalized spacial score (nSPS) is 16.1. The maximum Gasteiger partial charge on any atom is 0.407 e. The minimum atomic E-state index is -0.667. The fourth-order valence-electron chi connectivity index (χ4n) is 2.59. The number of methoxy groups -OCH3 is 1. The van der Waals surface area contributed by atoms with E-state index in [0.29, 0.717) is 38.2 Å². The molecule has 8 heteroatoms. The zero-order valence-electron chi connectivity index (χ0n) is 13.9. The SMILES string of the molecule is COC(=O)NC(C)C(=O)N1CCCN(C(=O)c2ccncc2)CC1. The first-order valence-corrected chi connectivity index (χ1v) is 7.85. The zero-order valence-corrected chi connectivity index (χ0v) is 13.9. The smallest absolute Gasteiger partial charge is 0.407 e. The summed E-state index contributed by atoms with van der Waals surface area (Å²) < 4.78 is 4.50. The van der Waals surface area contributed by atoms with Crippen LogP contribution >= 0.6 is 0 Å². The van der Waals surface area contributed by atoms with Gasteiger partial charge in [0.05, 0.1) is 7.11 Å². The molecule has 2 heterocycles. The van der Waals surface area contributed by atoms with Crippen molar-refractivity contribution < 1.29 is 19.1 Å². The highest BCUT2D eigenvalue weighted by Crippen LogP contribution is 2.09. The number of aromatic nitrogens is 1. The van der Waals surface area contributed by atoms with E-state index in [1.54, 1.807) is 41.2 Å². The van der Waals surface area contributed by atoms with Crippen LogP contribution in [0.2, 0.25) is 0 Å². The van der Waals surface area contributed by atoms with Gasteiger partial charge in [-0.25, -0.2) is 4.79 Å². The summed E-state index contributed by atoms with van der Waals surface area (Å²) in [5, 5.41) is 2.47.